The molecule has 2 fully saturated rings. The first-order valence-corrected chi connectivity index (χ1v) is 50.3. The van der Waals surface area contributed by atoms with Gasteiger partial charge in [0.05, 0.1) is 55.4 Å². The van der Waals surface area contributed by atoms with Crippen molar-refractivity contribution in [3.63, 3.8) is 0 Å². The smallest absolute Gasteiger partial charge is 0.331 e. The predicted octanol–water partition coefficient (Wildman–Crippen LogP) is 18.1. The number of aliphatic carboxylic acids is 1. The molecule has 0 aromatic rings. The van der Waals surface area contributed by atoms with Crippen molar-refractivity contribution in [2.45, 2.75) is 361 Å². The lowest BCUT2D eigenvalue weighted by Crippen LogP contribution is -2.68. The third kappa shape index (κ3) is 24.4. The molecule has 0 spiro atoms. The van der Waals surface area contributed by atoms with E-state index in [-0.39, 0.29) is 50.1 Å². The molecule has 21 heteroatoms. The minimum absolute atomic E-state index is 0.0324. The van der Waals surface area contributed by atoms with E-state index in [2.05, 4.69) is 201 Å². The lowest BCUT2D eigenvalue weighted by Gasteiger charge is -2.56. The van der Waals surface area contributed by atoms with Gasteiger partial charge in [-0.15, -0.1) is 0 Å². The number of carboxylic acid groups (broad SMARTS) is 1. The fraction of sp³-hybridized carbons (Fsp3) is 0.853. The van der Waals surface area contributed by atoms with Crippen LogP contribution in [-0.4, -0.2) is 183 Å². The summed E-state index contributed by atoms with van der Waals surface area (Å²) in [5.74, 6) is -3.47. The fourth-order valence-corrected chi connectivity index (χ4v) is 20.5. The van der Waals surface area contributed by atoms with E-state index < -0.39 is 133 Å². The SMILES string of the molecule is CC[Si](CC)(CC)O[C@@H](COC)C[C@H]1O[C@@](OC)([C@H](O)[C@@H](O)C[C@H](OC)[C@H](CC/C=C(C)/C=C/[C@@H](O[C@@H]2O[C@@H](C)[C@H](OC)[C@@H](O[Si](C)(C)C(C)(C)C)[C@@H]2O[Si](C)(C)C(C)(C)C)[C@H](C)/C=C(C)/C=C(C)/C=C(\C)C(=O)O)O[Si](C)(C)C(C)(C)C)[C@H](C)[C@@H](O[Si](C)(C)C(C)(C)C)[C@H]1C. The van der Waals surface area contributed by atoms with E-state index >= 15 is 0 Å². The number of ether oxygens (including phenoxy) is 7. The van der Waals surface area contributed by atoms with E-state index in [0.29, 0.717) is 25.9 Å². The Morgan fingerprint density at radius 3 is 1.59 bits per heavy atom. The average Bonchev–Trinajstić information content (AvgIpc) is 0.748. The van der Waals surface area contributed by atoms with Gasteiger partial charge in [0, 0.05) is 64.6 Å². The molecule has 16 nitrogen and oxygen atoms in total. The Kier molecular flexibility index (Phi) is 34.9. The summed E-state index contributed by atoms with van der Waals surface area (Å²) in [6.45, 7) is 67.8. The molecule has 0 radical (unpaired) electrons. The molecule has 0 aromatic carbocycles. The number of carboxylic acids is 1. The second kappa shape index (κ2) is 36.9. The Labute approximate surface area is 592 Å². The average molecular weight is 1440 g/mol. The number of hydrogen-bond acceptors (Lipinski definition) is 15. The summed E-state index contributed by atoms with van der Waals surface area (Å²) in [6.07, 6.45) is 5.46. The second-order valence-corrected chi connectivity index (χ2v) is 58.3. The van der Waals surface area contributed by atoms with Crippen molar-refractivity contribution in [3.8, 4) is 0 Å². The summed E-state index contributed by atoms with van der Waals surface area (Å²) in [5.41, 5.74) is 3.02. The third-order valence-corrected chi connectivity index (χ3v) is 45.7. The number of carbonyl (C=O) groups is 1. The summed E-state index contributed by atoms with van der Waals surface area (Å²) < 4.78 is 83.3. The summed E-state index contributed by atoms with van der Waals surface area (Å²) in [5, 5.41) is 34.8. The number of hydrogen-bond donors (Lipinski definition) is 3. The van der Waals surface area contributed by atoms with Crippen LogP contribution in [0, 0.1) is 17.8 Å². The van der Waals surface area contributed by atoms with Crippen LogP contribution in [0.15, 0.2) is 58.7 Å². The van der Waals surface area contributed by atoms with Crippen molar-refractivity contribution >= 4 is 47.6 Å². The zero-order chi connectivity index (χ0) is 74.5. The van der Waals surface area contributed by atoms with E-state index in [1.54, 1.807) is 41.4 Å². The maximum absolute atomic E-state index is 13.0. The van der Waals surface area contributed by atoms with E-state index in [0.717, 1.165) is 34.9 Å². The van der Waals surface area contributed by atoms with Crippen LogP contribution in [0.4, 0.5) is 0 Å². The molecular weight excluding hydrogens is 1300 g/mol. The number of aliphatic hydroxyl groups excluding tert-OH is 2. The van der Waals surface area contributed by atoms with Gasteiger partial charge < -0.3 is 70.6 Å². The molecule has 0 bridgehead atoms. The van der Waals surface area contributed by atoms with E-state index in [9.17, 15) is 20.1 Å². The lowest BCUT2D eigenvalue weighted by atomic mass is 9.76. The van der Waals surface area contributed by atoms with Gasteiger partial charge in [0.1, 0.15) is 24.4 Å². The van der Waals surface area contributed by atoms with Crippen molar-refractivity contribution in [1.82, 2.24) is 0 Å². The molecule has 2 saturated heterocycles. The minimum atomic E-state index is -2.51. The molecule has 2 heterocycles. The van der Waals surface area contributed by atoms with Crippen molar-refractivity contribution < 1.29 is 75.4 Å². The number of methoxy groups -OCH3 is 4. The van der Waals surface area contributed by atoms with Crippen LogP contribution in [0.2, 0.25) is 90.7 Å². The van der Waals surface area contributed by atoms with Gasteiger partial charge in [0.15, 0.2) is 47.9 Å². The van der Waals surface area contributed by atoms with Crippen molar-refractivity contribution in [1.29, 1.82) is 0 Å². The monoisotopic (exact) mass is 1440 g/mol. The van der Waals surface area contributed by atoms with Crippen molar-refractivity contribution in [2.24, 2.45) is 17.8 Å². The quantitative estimate of drug-likeness (QED) is 0.0302. The van der Waals surface area contributed by atoms with Crippen LogP contribution >= 0.6 is 0 Å². The number of aliphatic hydroxyl groups is 2. The Hall–Kier alpha value is -1.31. The van der Waals surface area contributed by atoms with Crippen LogP contribution in [0.3, 0.4) is 0 Å². The zero-order valence-corrected chi connectivity index (χ0v) is 72.5. The van der Waals surface area contributed by atoms with Gasteiger partial charge in [0.25, 0.3) is 0 Å². The van der Waals surface area contributed by atoms with Crippen LogP contribution in [-0.2, 0) is 60.1 Å². The molecule has 0 aromatic heterocycles. The molecule has 0 amide bonds. The normalized spacial score (nSPS) is 27.2. The van der Waals surface area contributed by atoms with Gasteiger partial charge in [-0.2, -0.15) is 0 Å². The second-order valence-electron chi connectivity index (χ2n) is 34.6. The molecule has 17 atom stereocenters. The van der Waals surface area contributed by atoms with Crippen molar-refractivity contribution in [2.75, 3.05) is 35.0 Å². The van der Waals surface area contributed by atoms with Crippen LogP contribution in [0.1, 0.15) is 185 Å². The van der Waals surface area contributed by atoms with Gasteiger partial charge in [-0.25, -0.2) is 4.79 Å². The Balaban J connectivity index is 2.87. The van der Waals surface area contributed by atoms with E-state index in [1.165, 1.54) is 0 Å². The Morgan fingerprint density at radius 2 is 1.15 bits per heavy atom. The first kappa shape index (κ1) is 90.8. The van der Waals surface area contributed by atoms with Gasteiger partial charge >= 0.3 is 5.97 Å². The highest BCUT2D eigenvalue weighted by Crippen LogP contribution is 2.50. The molecule has 0 saturated carbocycles. The summed E-state index contributed by atoms with van der Waals surface area (Å²) in [7, 11) is -5.29. The summed E-state index contributed by atoms with van der Waals surface area (Å²) >= 11 is 0. The third-order valence-electron chi connectivity index (χ3n) is 23.1. The van der Waals surface area contributed by atoms with E-state index in [4.69, 9.17) is 55.3 Å². The molecule has 0 aliphatic carbocycles. The maximum atomic E-state index is 13.0. The predicted molar refractivity (Wildman–Crippen MR) is 407 cm³/mol. The molecule has 0 unspecified atom stereocenters. The molecule has 96 heavy (non-hydrogen) atoms. The molecule has 3 N–H and O–H groups in total. The molecule has 2 rings (SSSR count). The summed E-state index contributed by atoms with van der Waals surface area (Å²) in [6, 6.07) is 2.95. The van der Waals surface area contributed by atoms with Crippen LogP contribution < -0.4 is 0 Å². The molecule has 2 aliphatic rings. The standard InChI is InChI=1S/C75H146O16Si5/c1-36-96(37-2,38-3)87-58(49-80-24)47-62-55(9)64(89-93(30,31)72(15,16)17)56(10)75(83-27,86-62)68(77)59(76)48-63(81-25)61(88-92(28,29)71(12,13)14)41-39-40-50(4)42-43-60(53(7)45-51(5)44-52(6)46-54(8)69(78)79)85-70-67(91-95(34,35)74(21,22)23)66(65(82-26)57(11)84-70)90-94(32,33)73(18,19)20/h40,42-46,53,55-68,70,76-77H,36-39,41,47-49H2,1-35H3,(H,78,79)/b43-42+,50-40+,51-45+,52-44+,54-46+/t53-,55+,56-,57+,58-,59+,60-,61+,62-,63+,64+,65+,66-,67+,68-,70+,75-/m1/s1. The Bertz CT molecular complexity index is 2530. The van der Waals surface area contributed by atoms with Crippen LogP contribution in [0.5, 0.6) is 0 Å². The van der Waals surface area contributed by atoms with Gasteiger partial charge in [-0.05, 0) is 144 Å². The maximum Gasteiger partial charge on any atom is 0.331 e. The minimum Gasteiger partial charge on any atom is -0.478 e. The zero-order valence-electron chi connectivity index (χ0n) is 67.5. The summed E-state index contributed by atoms with van der Waals surface area (Å²) in [4.78, 5) is 11.8. The highest BCUT2D eigenvalue weighted by atomic mass is 28.4. The molecular formula is C75H146O16Si5. The van der Waals surface area contributed by atoms with Gasteiger partial charge in [0.2, 0.25) is 5.79 Å². The topological polar surface area (TPSA) is 189 Å². The number of rotatable bonds is 37. The van der Waals surface area contributed by atoms with Gasteiger partial charge in [-0.1, -0.05) is 172 Å². The lowest BCUT2D eigenvalue weighted by molar-refractivity contribution is -0.369. The number of allylic oxidation sites excluding steroid dienone is 7. The van der Waals surface area contributed by atoms with Gasteiger partial charge in [-0.3, -0.25) is 0 Å². The largest absolute Gasteiger partial charge is 0.478 e. The molecule has 562 valence electrons. The fourth-order valence-electron chi connectivity index (χ4n) is 12.2. The Morgan fingerprint density at radius 1 is 0.646 bits per heavy atom. The van der Waals surface area contributed by atoms with Crippen molar-refractivity contribution in [3.05, 3.63) is 58.7 Å². The van der Waals surface area contributed by atoms with Crippen LogP contribution in [0.25, 0.3) is 0 Å². The first-order chi connectivity index (χ1) is 43.7. The van der Waals surface area contributed by atoms with E-state index in [1.807, 2.05) is 33.8 Å². The molecule has 2 aliphatic heterocycles. The highest BCUT2D eigenvalue weighted by molar-refractivity contribution is 6.75. The highest BCUT2D eigenvalue weighted by Gasteiger charge is 2.60. The first-order valence-electron chi connectivity index (χ1n) is 36.2.